The van der Waals surface area contributed by atoms with E-state index in [0.717, 1.165) is 25.8 Å². The van der Waals surface area contributed by atoms with E-state index in [0.29, 0.717) is 12.0 Å². The fourth-order valence-corrected chi connectivity index (χ4v) is 2.91. The second kappa shape index (κ2) is 4.48. The molecule has 1 unspecified atom stereocenters. The Balaban J connectivity index is 2.05. The van der Waals surface area contributed by atoms with Crippen LogP contribution in [0.2, 0.25) is 0 Å². The molecule has 1 saturated carbocycles. The van der Waals surface area contributed by atoms with Crippen LogP contribution < -0.4 is 5.73 Å². The highest BCUT2D eigenvalue weighted by molar-refractivity contribution is 5.68. The standard InChI is InChI=1S/C13H24N2O2/c1-13(2,3)17-12(16)15-8-9-5-4-6-10(15)7-11(9)14/h9-11H,4-8,14H2,1-3H3/t9?,10-,11+/m0/s1. The maximum absolute atomic E-state index is 12.1. The Labute approximate surface area is 103 Å². The van der Waals surface area contributed by atoms with Crippen molar-refractivity contribution in [3.05, 3.63) is 0 Å². The fraction of sp³-hybridized carbons (Fsp3) is 0.923. The van der Waals surface area contributed by atoms with Gasteiger partial charge in [0.15, 0.2) is 0 Å². The van der Waals surface area contributed by atoms with Crippen molar-refractivity contribution in [2.24, 2.45) is 11.7 Å². The zero-order valence-electron chi connectivity index (χ0n) is 11.1. The summed E-state index contributed by atoms with van der Waals surface area (Å²) in [6.45, 7) is 6.51. The lowest BCUT2D eigenvalue weighted by atomic mass is 9.90. The molecule has 0 radical (unpaired) electrons. The number of rotatable bonds is 0. The van der Waals surface area contributed by atoms with Gasteiger partial charge in [-0.25, -0.2) is 4.79 Å². The summed E-state index contributed by atoms with van der Waals surface area (Å²) < 4.78 is 5.47. The van der Waals surface area contributed by atoms with Gasteiger partial charge in [-0.15, -0.1) is 0 Å². The number of amides is 1. The molecule has 1 aliphatic carbocycles. The molecule has 0 aromatic rings. The second-order valence-corrected chi connectivity index (χ2v) is 6.38. The number of fused-ring (bicyclic) bond motifs is 4. The van der Waals surface area contributed by atoms with Gasteiger partial charge in [0.2, 0.25) is 0 Å². The normalized spacial score (nSPS) is 33.4. The van der Waals surface area contributed by atoms with Gasteiger partial charge in [0, 0.05) is 18.6 Å². The van der Waals surface area contributed by atoms with Crippen molar-refractivity contribution < 1.29 is 9.53 Å². The highest BCUT2D eigenvalue weighted by Gasteiger charge is 2.39. The van der Waals surface area contributed by atoms with Crippen molar-refractivity contribution >= 4 is 6.09 Å². The predicted octanol–water partition coefficient (Wildman–Crippen LogP) is 2.12. The van der Waals surface area contributed by atoms with Crippen LogP contribution in [0.4, 0.5) is 4.79 Å². The van der Waals surface area contributed by atoms with Gasteiger partial charge in [0.25, 0.3) is 0 Å². The molecule has 4 nitrogen and oxygen atoms in total. The second-order valence-electron chi connectivity index (χ2n) is 6.38. The fourth-order valence-electron chi connectivity index (χ4n) is 2.91. The van der Waals surface area contributed by atoms with Crippen molar-refractivity contribution in [1.29, 1.82) is 0 Å². The van der Waals surface area contributed by atoms with Gasteiger partial charge in [-0.1, -0.05) is 6.42 Å². The summed E-state index contributed by atoms with van der Waals surface area (Å²) in [4.78, 5) is 14.0. The van der Waals surface area contributed by atoms with E-state index in [-0.39, 0.29) is 12.1 Å². The molecule has 4 heteroatoms. The van der Waals surface area contributed by atoms with Crippen molar-refractivity contribution in [1.82, 2.24) is 4.90 Å². The van der Waals surface area contributed by atoms with Crippen molar-refractivity contribution in [2.75, 3.05) is 6.54 Å². The maximum atomic E-state index is 12.1. The van der Waals surface area contributed by atoms with E-state index in [1.807, 2.05) is 25.7 Å². The Morgan fingerprint density at radius 1 is 1.35 bits per heavy atom. The first kappa shape index (κ1) is 12.7. The van der Waals surface area contributed by atoms with Gasteiger partial charge < -0.3 is 15.4 Å². The van der Waals surface area contributed by atoms with Gasteiger partial charge in [0.05, 0.1) is 0 Å². The summed E-state index contributed by atoms with van der Waals surface area (Å²) in [6.07, 6.45) is 4.17. The Morgan fingerprint density at radius 2 is 2.06 bits per heavy atom. The zero-order valence-corrected chi connectivity index (χ0v) is 11.1. The highest BCUT2D eigenvalue weighted by Crippen LogP contribution is 2.33. The van der Waals surface area contributed by atoms with E-state index >= 15 is 0 Å². The smallest absolute Gasteiger partial charge is 0.410 e. The minimum atomic E-state index is -0.412. The third-order valence-electron chi connectivity index (χ3n) is 3.76. The van der Waals surface area contributed by atoms with E-state index in [1.54, 1.807) is 0 Å². The van der Waals surface area contributed by atoms with Crippen LogP contribution in [0.3, 0.4) is 0 Å². The summed E-state index contributed by atoms with van der Waals surface area (Å²) in [5.41, 5.74) is 5.72. The minimum Gasteiger partial charge on any atom is -0.444 e. The molecule has 2 N–H and O–H groups in total. The van der Waals surface area contributed by atoms with E-state index in [1.165, 1.54) is 6.42 Å². The Bertz CT molecular complexity index is 298. The average molecular weight is 240 g/mol. The SMILES string of the molecule is CC(C)(C)OC(=O)N1CC2CCC[C@H]1C[C@H]2N. The van der Waals surface area contributed by atoms with E-state index in [9.17, 15) is 4.79 Å². The molecule has 2 aliphatic heterocycles. The quantitative estimate of drug-likeness (QED) is 0.705. The van der Waals surface area contributed by atoms with Gasteiger partial charge in [0.1, 0.15) is 5.60 Å². The molecule has 2 bridgehead atoms. The predicted molar refractivity (Wildman–Crippen MR) is 66.7 cm³/mol. The van der Waals surface area contributed by atoms with Crippen LogP contribution in [0, 0.1) is 5.92 Å². The lowest BCUT2D eigenvalue weighted by Crippen LogP contribution is -2.53. The highest BCUT2D eigenvalue weighted by atomic mass is 16.6. The number of carbonyl (C=O) groups is 1. The summed E-state index contributed by atoms with van der Waals surface area (Å²) in [5, 5.41) is 0. The molecule has 0 aromatic heterocycles. The molecule has 3 rings (SSSR count). The van der Waals surface area contributed by atoms with Crippen LogP contribution in [-0.2, 0) is 4.74 Å². The molecule has 17 heavy (non-hydrogen) atoms. The molecule has 0 spiro atoms. The number of hydrogen-bond donors (Lipinski definition) is 1. The van der Waals surface area contributed by atoms with Gasteiger partial charge in [-0.05, 0) is 46.0 Å². The summed E-state index contributed by atoms with van der Waals surface area (Å²) in [5.74, 6) is 0.460. The van der Waals surface area contributed by atoms with Crippen LogP contribution in [-0.4, -0.2) is 35.2 Å². The third kappa shape index (κ3) is 2.92. The molecule has 2 saturated heterocycles. The topological polar surface area (TPSA) is 55.6 Å². The average Bonchev–Trinajstić information content (AvgIpc) is 2.46. The number of hydrogen-bond acceptors (Lipinski definition) is 3. The number of ether oxygens (including phenoxy) is 1. The molecule has 3 fully saturated rings. The van der Waals surface area contributed by atoms with Crippen molar-refractivity contribution in [3.63, 3.8) is 0 Å². The summed E-state index contributed by atoms with van der Waals surface area (Å²) in [7, 11) is 0. The van der Waals surface area contributed by atoms with Crippen LogP contribution in [0.5, 0.6) is 0 Å². The molecule has 0 aromatic carbocycles. The van der Waals surface area contributed by atoms with E-state index in [2.05, 4.69) is 0 Å². The molecule has 3 atom stereocenters. The first-order valence-electron chi connectivity index (χ1n) is 6.62. The van der Waals surface area contributed by atoms with Crippen LogP contribution >= 0.6 is 0 Å². The monoisotopic (exact) mass is 240 g/mol. The molecule has 2 heterocycles. The third-order valence-corrected chi connectivity index (χ3v) is 3.76. The van der Waals surface area contributed by atoms with Crippen LogP contribution in [0.15, 0.2) is 0 Å². The lowest BCUT2D eigenvalue weighted by Gasteiger charge is -2.40. The molecular formula is C13H24N2O2. The molecule has 98 valence electrons. The lowest BCUT2D eigenvalue weighted by molar-refractivity contribution is 0.00385. The van der Waals surface area contributed by atoms with Crippen LogP contribution in [0.1, 0.15) is 46.5 Å². The first-order chi connectivity index (χ1) is 7.87. The van der Waals surface area contributed by atoms with Crippen molar-refractivity contribution in [3.8, 4) is 0 Å². The number of nitrogens with two attached hydrogens (primary N) is 1. The minimum absolute atomic E-state index is 0.165. The van der Waals surface area contributed by atoms with E-state index < -0.39 is 5.60 Å². The Kier molecular flexibility index (Phi) is 3.34. The maximum Gasteiger partial charge on any atom is 0.410 e. The van der Waals surface area contributed by atoms with Gasteiger partial charge >= 0.3 is 6.09 Å². The van der Waals surface area contributed by atoms with Crippen LogP contribution in [0.25, 0.3) is 0 Å². The molecule has 1 amide bonds. The zero-order chi connectivity index (χ0) is 12.6. The number of piperidine rings is 1. The van der Waals surface area contributed by atoms with Gasteiger partial charge in [-0.2, -0.15) is 0 Å². The number of nitrogens with zero attached hydrogens (tertiary/aromatic N) is 1. The van der Waals surface area contributed by atoms with E-state index in [4.69, 9.17) is 10.5 Å². The first-order valence-corrected chi connectivity index (χ1v) is 6.62. The Morgan fingerprint density at radius 3 is 2.71 bits per heavy atom. The van der Waals surface area contributed by atoms with Gasteiger partial charge in [-0.3, -0.25) is 0 Å². The van der Waals surface area contributed by atoms with Crippen molar-refractivity contribution in [2.45, 2.75) is 64.1 Å². The molecule has 3 aliphatic rings. The Hall–Kier alpha value is -0.770. The largest absolute Gasteiger partial charge is 0.444 e. The summed E-state index contributed by atoms with van der Waals surface area (Å²) >= 11 is 0. The summed E-state index contributed by atoms with van der Waals surface area (Å²) in [6, 6.07) is 0.555. The molecular weight excluding hydrogens is 216 g/mol. The number of carbonyl (C=O) groups excluding carboxylic acids is 1.